The van der Waals surface area contributed by atoms with E-state index >= 15 is 0 Å². The third kappa shape index (κ3) is 3.87. The molecule has 2 amide bonds. The van der Waals surface area contributed by atoms with E-state index in [4.69, 9.17) is 16.7 Å². The summed E-state index contributed by atoms with van der Waals surface area (Å²) in [5.74, 6) is 3.35. The molecule has 2 rings (SSSR count). The Morgan fingerprint density at radius 1 is 1.52 bits per heavy atom. The highest BCUT2D eigenvalue weighted by atomic mass is 32.1. The summed E-state index contributed by atoms with van der Waals surface area (Å²) in [7, 11) is 1.39. The van der Waals surface area contributed by atoms with E-state index in [9.17, 15) is 4.79 Å². The summed E-state index contributed by atoms with van der Waals surface area (Å²) >= 11 is 1.31. The molecule has 2 aromatic rings. The van der Waals surface area contributed by atoms with Crippen LogP contribution in [0.3, 0.4) is 0 Å². The summed E-state index contributed by atoms with van der Waals surface area (Å²) in [5.41, 5.74) is 9.27. The fraction of sp³-hybridized carbons (Fsp3) is 0.188. The molecule has 0 atom stereocenters. The number of para-hydroxylation sites is 1. The number of hydrogen-bond acceptors (Lipinski definition) is 5. The maximum atomic E-state index is 11.8. The summed E-state index contributed by atoms with van der Waals surface area (Å²) in [6.07, 6.45) is 5.51. The highest BCUT2D eigenvalue weighted by Gasteiger charge is 2.16. The molecule has 0 saturated heterocycles. The number of terminal acetylenes is 1. The lowest BCUT2D eigenvalue weighted by Crippen LogP contribution is -2.26. The normalized spacial score (nSPS) is 9.78. The van der Waals surface area contributed by atoms with Crippen molar-refractivity contribution < 1.29 is 9.53 Å². The number of aryl methyl sites for hydroxylation is 1. The van der Waals surface area contributed by atoms with Crippen molar-refractivity contribution in [3.8, 4) is 18.1 Å². The van der Waals surface area contributed by atoms with E-state index < -0.39 is 6.03 Å². The third-order valence-electron chi connectivity index (χ3n) is 3.18. The lowest BCUT2D eigenvalue weighted by atomic mass is 10.2. The van der Waals surface area contributed by atoms with Gasteiger partial charge in [-0.15, -0.1) is 17.8 Å². The topological polar surface area (TPSA) is 77.8 Å². The van der Waals surface area contributed by atoms with Gasteiger partial charge in [-0.2, -0.15) is 10.5 Å². The van der Waals surface area contributed by atoms with Gasteiger partial charge in [0, 0.05) is 23.6 Å². The molecule has 0 radical (unpaired) electrons. The molecule has 1 aromatic heterocycles. The van der Waals surface area contributed by atoms with Gasteiger partial charge in [-0.1, -0.05) is 29.3 Å². The second-order valence-electron chi connectivity index (χ2n) is 4.71. The van der Waals surface area contributed by atoms with Gasteiger partial charge in [0.05, 0.1) is 0 Å². The number of anilines is 1. The van der Waals surface area contributed by atoms with Crippen molar-refractivity contribution in [2.45, 2.75) is 13.5 Å². The number of carbonyl (C=O) groups is 1. The van der Waals surface area contributed by atoms with Crippen LogP contribution in [0, 0.1) is 24.8 Å². The molecule has 118 valence electrons. The molecule has 0 aliphatic heterocycles. The van der Waals surface area contributed by atoms with E-state index in [2.05, 4.69) is 16.5 Å². The zero-order valence-electron chi connectivity index (χ0n) is 12.8. The first-order valence-corrected chi connectivity index (χ1v) is 7.62. The van der Waals surface area contributed by atoms with Crippen LogP contribution in [0.25, 0.3) is 0 Å². The molecule has 7 heteroatoms. The monoisotopic (exact) mass is 328 g/mol. The molecule has 0 bridgehead atoms. The van der Waals surface area contributed by atoms with Crippen molar-refractivity contribution in [2.24, 2.45) is 5.22 Å². The number of rotatable bonds is 5. The molecule has 0 aliphatic rings. The Morgan fingerprint density at radius 2 is 2.26 bits per heavy atom. The standard InChI is InChI=1S/C16H16N4O2S/c1-4-12-10-23-15(18-16(21)20(3)19-17)13(12)9-22-14-8-6-5-7-11(14)2/h1,5-8,10,17H,9H2,2-3H3,(H,18,21). The lowest BCUT2D eigenvalue weighted by Gasteiger charge is -2.12. The van der Waals surface area contributed by atoms with Crippen molar-refractivity contribution in [1.29, 1.82) is 5.53 Å². The number of nitrogens with one attached hydrogen (secondary N) is 2. The molecular formula is C16H16N4O2S. The number of nitrogens with zero attached hydrogens (tertiary/aromatic N) is 2. The molecule has 0 unspecified atom stereocenters. The Bertz CT molecular complexity index is 764. The Balaban J connectivity index is 2.19. The number of hydrogen-bond donors (Lipinski definition) is 2. The molecular weight excluding hydrogens is 312 g/mol. The predicted molar refractivity (Wildman–Crippen MR) is 89.7 cm³/mol. The van der Waals surface area contributed by atoms with Gasteiger partial charge in [0.15, 0.2) is 0 Å². The van der Waals surface area contributed by atoms with Crippen LogP contribution in [0.5, 0.6) is 5.75 Å². The first kappa shape index (κ1) is 16.5. The molecule has 23 heavy (non-hydrogen) atoms. The first-order valence-electron chi connectivity index (χ1n) is 6.74. The quantitative estimate of drug-likeness (QED) is 0.494. The van der Waals surface area contributed by atoms with Gasteiger partial charge in [0.1, 0.15) is 17.4 Å². The predicted octanol–water partition coefficient (Wildman–Crippen LogP) is 4.03. The van der Waals surface area contributed by atoms with Crippen molar-refractivity contribution in [3.05, 3.63) is 46.3 Å². The molecule has 0 aliphatic carbocycles. The van der Waals surface area contributed by atoms with Gasteiger partial charge in [-0.05, 0) is 18.6 Å². The number of amides is 2. The summed E-state index contributed by atoms with van der Waals surface area (Å²) in [4.78, 5) is 11.8. The molecule has 1 aromatic carbocycles. The minimum Gasteiger partial charge on any atom is -0.488 e. The average molecular weight is 328 g/mol. The molecule has 2 N–H and O–H groups in total. The van der Waals surface area contributed by atoms with E-state index in [0.29, 0.717) is 10.6 Å². The van der Waals surface area contributed by atoms with E-state index in [0.717, 1.165) is 21.9 Å². The molecule has 0 saturated carbocycles. The number of urea groups is 1. The summed E-state index contributed by atoms with van der Waals surface area (Å²) in [6, 6.07) is 7.15. The molecule has 0 spiro atoms. The minimum absolute atomic E-state index is 0.241. The average Bonchev–Trinajstić information content (AvgIpc) is 2.95. The van der Waals surface area contributed by atoms with Crippen LogP contribution in [0.2, 0.25) is 0 Å². The number of ether oxygens (including phenoxy) is 1. The smallest absolute Gasteiger partial charge is 0.343 e. The van der Waals surface area contributed by atoms with Crippen LogP contribution in [0.15, 0.2) is 34.9 Å². The molecule has 1 heterocycles. The van der Waals surface area contributed by atoms with Crippen molar-refractivity contribution in [1.82, 2.24) is 5.01 Å². The second-order valence-corrected chi connectivity index (χ2v) is 5.59. The van der Waals surface area contributed by atoms with Gasteiger partial charge < -0.3 is 4.74 Å². The maximum absolute atomic E-state index is 11.8. The van der Waals surface area contributed by atoms with Crippen LogP contribution < -0.4 is 10.1 Å². The van der Waals surface area contributed by atoms with E-state index in [1.807, 2.05) is 31.2 Å². The molecule has 0 fully saturated rings. The van der Waals surface area contributed by atoms with Crippen LogP contribution in [0.1, 0.15) is 16.7 Å². The van der Waals surface area contributed by atoms with Crippen molar-refractivity contribution in [2.75, 3.05) is 12.4 Å². The second kappa shape index (κ2) is 7.42. The van der Waals surface area contributed by atoms with E-state index in [1.54, 1.807) is 5.38 Å². The van der Waals surface area contributed by atoms with Gasteiger partial charge in [0.2, 0.25) is 0 Å². The summed E-state index contributed by atoms with van der Waals surface area (Å²) < 4.78 is 5.82. The van der Waals surface area contributed by atoms with E-state index in [-0.39, 0.29) is 6.61 Å². The highest BCUT2D eigenvalue weighted by molar-refractivity contribution is 7.14. The fourth-order valence-corrected chi connectivity index (χ4v) is 2.75. The summed E-state index contributed by atoms with van der Waals surface area (Å²) in [5, 5.41) is 9.00. The van der Waals surface area contributed by atoms with Crippen LogP contribution in [0.4, 0.5) is 9.80 Å². The van der Waals surface area contributed by atoms with Crippen molar-refractivity contribution in [3.63, 3.8) is 0 Å². The number of thiophene rings is 1. The SMILES string of the molecule is C#Cc1csc(NC(=O)N(C)N=N)c1COc1ccccc1C. The zero-order valence-corrected chi connectivity index (χ0v) is 13.6. The fourth-order valence-electron chi connectivity index (χ4n) is 1.84. The Labute approximate surface area is 138 Å². The Morgan fingerprint density at radius 3 is 2.91 bits per heavy atom. The van der Waals surface area contributed by atoms with Crippen LogP contribution >= 0.6 is 11.3 Å². The Hall–Kier alpha value is -2.85. The lowest BCUT2D eigenvalue weighted by molar-refractivity contribution is 0.220. The van der Waals surface area contributed by atoms with Crippen molar-refractivity contribution >= 4 is 22.4 Å². The van der Waals surface area contributed by atoms with Crippen LogP contribution in [-0.4, -0.2) is 18.1 Å². The number of benzene rings is 1. The third-order valence-corrected chi connectivity index (χ3v) is 4.12. The van der Waals surface area contributed by atoms with Gasteiger partial charge in [0.25, 0.3) is 0 Å². The zero-order chi connectivity index (χ0) is 16.8. The number of carbonyl (C=O) groups excluding carboxylic acids is 1. The van der Waals surface area contributed by atoms with E-state index in [1.165, 1.54) is 18.4 Å². The minimum atomic E-state index is -0.512. The van der Waals surface area contributed by atoms with Gasteiger partial charge in [-0.3, -0.25) is 5.32 Å². The van der Waals surface area contributed by atoms with Gasteiger partial charge >= 0.3 is 6.03 Å². The molecule has 6 nitrogen and oxygen atoms in total. The maximum Gasteiger partial charge on any atom is 0.343 e. The largest absolute Gasteiger partial charge is 0.488 e. The highest BCUT2D eigenvalue weighted by Crippen LogP contribution is 2.30. The summed E-state index contributed by atoms with van der Waals surface area (Å²) in [6.45, 7) is 2.20. The van der Waals surface area contributed by atoms with Gasteiger partial charge in [-0.25, -0.2) is 4.79 Å². The Kier molecular flexibility index (Phi) is 5.33. The first-order chi connectivity index (χ1) is 11.1. The van der Waals surface area contributed by atoms with Crippen LogP contribution in [-0.2, 0) is 6.61 Å².